The van der Waals surface area contributed by atoms with Gasteiger partial charge in [-0.05, 0) is 18.2 Å². The molecule has 0 bridgehead atoms. The average molecular weight is 232 g/mol. The first kappa shape index (κ1) is 12.2. The van der Waals surface area contributed by atoms with Gasteiger partial charge in [0, 0.05) is 5.56 Å². The van der Waals surface area contributed by atoms with Crippen LogP contribution in [0.1, 0.15) is 5.56 Å². The second-order valence-electron chi connectivity index (χ2n) is 2.92. The summed E-state index contributed by atoms with van der Waals surface area (Å²) in [5.74, 6) is -0.900. The zero-order valence-electron chi connectivity index (χ0n) is 8.44. The van der Waals surface area contributed by atoms with Crippen LogP contribution in [-0.4, -0.2) is 24.8 Å². The van der Waals surface area contributed by atoms with E-state index in [2.05, 4.69) is 4.74 Å². The van der Waals surface area contributed by atoms with Crippen LogP contribution >= 0.6 is 0 Å². The summed E-state index contributed by atoms with van der Waals surface area (Å²) in [5, 5.41) is 8.61. The topological polar surface area (TPSA) is 55.8 Å². The Kier molecular flexibility index (Phi) is 4.04. The van der Waals surface area contributed by atoms with E-state index in [1.165, 1.54) is 25.3 Å². The van der Waals surface area contributed by atoms with Crippen LogP contribution in [0.15, 0.2) is 18.2 Å². The highest BCUT2D eigenvalue weighted by Gasteiger charge is 2.13. The van der Waals surface area contributed by atoms with E-state index in [0.717, 1.165) is 0 Å². The smallest absolute Gasteiger partial charge is 0.387 e. The first-order valence-corrected chi connectivity index (χ1v) is 4.36. The number of carboxylic acid groups (broad SMARTS) is 1. The largest absolute Gasteiger partial charge is 0.497 e. The minimum Gasteiger partial charge on any atom is -0.497 e. The van der Waals surface area contributed by atoms with Gasteiger partial charge in [-0.15, -0.1) is 0 Å². The van der Waals surface area contributed by atoms with Crippen molar-refractivity contribution in [2.75, 3.05) is 7.11 Å². The van der Waals surface area contributed by atoms with Crippen molar-refractivity contribution in [1.82, 2.24) is 0 Å². The first-order chi connectivity index (χ1) is 7.52. The lowest BCUT2D eigenvalue weighted by atomic mass is 10.1. The number of alkyl halides is 2. The van der Waals surface area contributed by atoms with Gasteiger partial charge in [0.15, 0.2) is 0 Å². The summed E-state index contributed by atoms with van der Waals surface area (Å²) in [6, 6.07) is 4.03. The number of carboxylic acids is 1. The molecule has 0 unspecified atom stereocenters. The summed E-state index contributed by atoms with van der Waals surface area (Å²) < 4.78 is 33.1. The van der Waals surface area contributed by atoms with Crippen LogP contribution in [0.3, 0.4) is 0 Å². The Labute approximate surface area is 90.4 Å². The Morgan fingerprint density at radius 2 is 2.19 bits per heavy atom. The van der Waals surface area contributed by atoms with Crippen molar-refractivity contribution in [3.63, 3.8) is 0 Å². The zero-order chi connectivity index (χ0) is 12.1. The molecule has 16 heavy (non-hydrogen) atoms. The fourth-order valence-corrected chi connectivity index (χ4v) is 1.19. The van der Waals surface area contributed by atoms with Gasteiger partial charge in [-0.25, -0.2) is 0 Å². The molecule has 0 amide bonds. The van der Waals surface area contributed by atoms with Gasteiger partial charge < -0.3 is 14.6 Å². The van der Waals surface area contributed by atoms with E-state index in [4.69, 9.17) is 9.84 Å². The standard InChI is InChI=1S/C10H10F2O4/c1-15-7-2-3-8(16-10(11)12)6(4-7)5-9(13)14/h2-4,10H,5H2,1H3,(H,13,14). The number of carbonyl (C=O) groups is 1. The molecule has 0 aliphatic carbocycles. The molecule has 0 heterocycles. The second kappa shape index (κ2) is 5.29. The lowest BCUT2D eigenvalue weighted by Crippen LogP contribution is -2.07. The molecule has 6 heteroatoms. The van der Waals surface area contributed by atoms with E-state index in [0.29, 0.717) is 5.75 Å². The fraction of sp³-hybridized carbons (Fsp3) is 0.300. The van der Waals surface area contributed by atoms with Crippen LogP contribution in [-0.2, 0) is 11.2 Å². The summed E-state index contributed by atoms with van der Waals surface area (Å²) in [4.78, 5) is 10.5. The summed E-state index contributed by atoms with van der Waals surface area (Å²) in [7, 11) is 1.40. The molecular weight excluding hydrogens is 222 g/mol. The van der Waals surface area contributed by atoms with E-state index in [1.54, 1.807) is 0 Å². The number of hydrogen-bond acceptors (Lipinski definition) is 3. The van der Waals surface area contributed by atoms with Crippen LogP contribution in [0.2, 0.25) is 0 Å². The summed E-state index contributed by atoms with van der Waals surface area (Å²) in [6.45, 7) is -2.99. The molecule has 1 aromatic rings. The summed E-state index contributed by atoms with van der Waals surface area (Å²) >= 11 is 0. The van der Waals surface area contributed by atoms with Crippen molar-refractivity contribution in [3.05, 3.63) is 23.8 Å². The number of halogens is 2. The van der Waals surface area contributed by atoms with E-state index in [9.17, 15) is 13.6 Å². The molecule has 0 fully saturated rings. The Balaban J connectivity index is 3.00. The van der Waals surface area contributed by atoms with Crippen LogP contribution in [0, 0.1) is 0 Å². The molecular formula is C10H10F2O4. The predicted octanol–water partition coefficient (Wildman–Crippen LogP) is 1.92. The number of hydrogen-bond donors (Lipinski definition) is 1. The SMILES string of the molecule is COc1ccc(OC(F)F)c(CC(=O)O)c1. The molecule has 0 atom stereocenters. The Hall–Kier alpha value is -1.85. The highest BCUT2D eigenvalue weighted by atomic mass is 19.3. The maximum absolute atomic E-state index is 12.0. The van der Waals surface area contributed by atoms with Gasteiger partial charge in [0.1, 0.15) is 11.5 Å². The minimum atomic E-state index is -2.99. The fourth-order valence-electron chi connectivity index (χ4n) is 1.19. The summed E-state index contributed by atoms with van der Waals surface area (Å²) in [6.07, 6.45) is -0.404. The number of rotatable bonds is 5. The van der Waals surface area contributed by atoms with Crippen molar-refractivity contribution in [2.45, 2.75) is 13.0 Å². The van der Waals surface area contributed by atoms with E-state index in [-0.39, 0.29) is 11.3 Å². The highest BCUT2D eigenvalue weighted by Crippen LogP contribution is 2.26. The average Bonchev–Trinajstić information content (AvgIpc) is 2.19. The lowest BCUT2D eigenvalue weighted by molar-refractivity contribution is -0.136. The number of ether oxygens (including phenoxy) is 2. The molecule has 0 aliphatic heterocycles. The quantitative estimate of drug-likeness (QED) is 0.842. The Morgan fingerprint density at radius 1 is 1.50 bits per heavy atom. The van der Waals surface area contributed by atoms with Gasteiger partial charge in [-0.1, -0.05) is 0 Å². The van der Waals surface area contributed by atoms with Crippen molar-refractivity contribution < 1.29 is 28.2 Å². The third-order valence-electron chi connectivity index (χ3n) is 1.83. The van der Waals surface area contributed by atoms with E-state index in [1.807, 2.05) is 0 Å². The van der Waals surface area contributed by atoms with Crippen molar-refractivity contribution in [1.29, 1.82) is 0 Å². The molecule has 0 radical (unpaired) electrons. The third kappa shape index (κ3) is 3.38. The molecule has 0 aliphatic rings. The molecule has 1 N–H and O–H groups in total. The number of methoxy groups -OCH3 is 1. The van der Waals surface area contributed by atoms with Crippen LogP contribution in [0.25, 0.3) is 0 Å². The van der Waals surface area contributed by atoms with Gasteiger partial charge in [0.25, 0.3) is 0 Å². The molecule has 0 saturated carbocycles. The third-order valence-corrected chi connectivity index (χ3v) is 1.83. The van der Waals surface area contributed by atoms with Crippen molar-refractivity contribution in [2.24, 2.45) is 0 Å². The lowest BCUT2D eigenvalue weighted by Gasteiger charge is -2.10. The summed E-state index contributed by atoms with van der Waals surface area (Å²) in [5.41, 5.74) is 0.146. The monoisotopic (exact) mass is 232 g/mol. The van der Waals surface area contributed by atoms with Gasteiger partial charge >= 0.3 is 12.6 Å². The van der Waals surface area contributed by atoms with E-state index < -0.39 is 19.0 Å². The molecule has 0 saturated heterocycles. The van der Waals surface area contributed by atoms with Gasteiger partial charge in [0.05, 0.1) is 13.5 Å². The second-order valence-corrected chi connectivity index (χ2v) is 2.92. The highest BCUT2D eigenvalue weighted by molar-refractivity contribution is 5.71. The first-order valence-electron chi connectivity index (χ1n) is 4.36. The van der Waals surface area contributed by atoms with Crippen LogP contribution in [0.4, 0.5) is 8.78 Å². The normalized spacial score (nSPS) is 10.2. The number of benzene rings is 1. The Morgan fingerprint density at radius 3 is 2.69 bits per heavy atom. The van der Waals surface area contributed by atoms with Gasteiger partial charge in [-0.2, -0.15) is 8.78 Å². The van der Waals surface area contributed by atoms with Gasteiger partial charge in [0.2, 0.25) is 0 Å². The predicted molar refractivity (Wildman–Crippen MR) is 51.0 cm³/mol. The van der Waals surface area contributed by atoms with Crippen LogP contribution < -0.4 is 9.47 Å². The van der Waals surface area contributed by atoms with E-state index >= 15 is 0 Å². The van der Waals surface area contributed by atoms with Gasteiger partial charge in [-0.3, -0.25) is 4.79 Å². The van der Waals surface area contributed by atoms with Crippen molar-refractivity contribution >= 4 is 5.97 Å². The molecule has 0 spiro atoms. The molecule has 1 aromatic carbocycles. The Bertz CT molecular complexity index is 379. The minimum absolute atomic E-state index is 0.146. The zero-order valence-corrected chi connectivity index (χ0v) is 8.44. The molecule has 1 rings (SSSR count). The van der Waals surface area contributed by atoms with Crippen molar-refractivity contribution in [3.8, 4) is 11.5 Å². The maximum Gasteiger partial charge on any atom is 0.387 e. The molecule has 88 valence electrons. The molecule has 4 nitrogen and oxygen atoms in total. The number of aliphatic carboxylic acids is 1. The maximum atomic E-state index is 12.0. The van der Waals surface area contributed by atoms with Crippen LogP contribution in [0.5, 0.6) is 11.5 Å². The molecule has 0 aromatic heterocycles.